The molecule has 1 aromatic carbocycles. The van der Waals surface area contributed by atoms with E-state index in [2.05, 4.69) is 25.2 Å². The third-order valence-corrected chi connectivity index (χ3v) is 6.54. The van der Waals surface area contributed by atoms with Gasteiger partial charge in [-0.2, -0.15) is 5.10 Å². The van der Waals surface area contributed by atoms with Crippen LogP contribution in [0.3, 0.4) is 0 Å². The van der Waals surface area contributed by atoms with Crippen molar-refractivity contribution in [3.63, 3.8) is 0 Å². The SMILES string of the molecule is COc1cc2c(-c3cnn4cc(N5CC(N6CCNCC6)C5)cnc34)ccnc2cc1F. The number of aromatic nitrogens is 4. The third kappa shape index (κ3) is 3.16. The van der Waals surface area contributed by atoms with Crippen molar-refractivity contribution in [2.24, 2.45) is 0 Å². The smallest absolute Gasteiger partial charge is 0.167 e. The number of halogens is 1. The lowest BCUT2D eigenvalue weighted by atomic mass is 10.0. The molecule has 2 saturated heterocycles. The van der Waals surface area contributed by atoms with E-state index in [4.69, 9.17) is 9.72 Å². The minimum atomic E-state index is -0.430. The summed E-state index contributed by atoms with van der Waals surface area (Å²) in [5, 5.41) is 8.77. The fourth-order valence-electron chi connectivity index (χ4n) is 4.70. The molecule has 0 saturated carbocycles. The van der Waals surface area contributed by atoms with Crippen LogP contribution in [0.4, 0.5) is 10.1 Å². The van der Waals surface area contributed by atoms with E-state index < -0.39 is 5.82 Å². The van der Waals surface area contributed by atoms with Crippen molar-refractivity contribution in [2.75, 3.05) is 51.3 Å². The first kappa shape index (κ1) is 19.4. The highest BCUT2D eigenvalue weighted by atomic mass is 19.1. The molecule has 0 atom stereocenters. The first-order valence-electron chi connectivity index (χ1n) is 10.9. The molecule has 2 aliphatic heterocycles. The Morgan fingerprint density at radius 1 is 1.09 bits per heavy atom. The standard InChI is InChI=1S/C23H24FN7O/c1-32-22-8-18-17(2-3-26-21(18)9-20(22)24)19-11-28-31-14-15(10-27-23(19)31)30-12-16(13-30)29-6-4-25-5-7-29/h2-3,8-11,14,16,25H,4-7,12-13H2,1H3. The van der Waals surface area contributed by atoms with Crippen LogP contribution in [0.5, 0.6) is 5.75 Å². The fraction of sp³-hybridized carbons (Fsp3) is 0.348. The van der Waals surface area contributed by atoms with Gasteiger partial charge in [-0.1, -0.05) is 0 Å². The Bertz CT molecular complexity index is 1290. The van der Waals surface area contributed by atoms with Gasteiger partial charge in [0.25, 0.3) is 0 Å². The Morgan fingerprint density at radius 2 is 1.94 bits per heavy atom. The van der Waals surface area contributed by atoms with Gasteiger partial charge in [0, 0.05) is 68.5 Å². The van der Waals surface area contributed by atoms with Crippen molar-refractivity contribution in [2.45, 2.75) is 6.04 Å². The van der Waals surface area contributed by atoms with E-state index in [1.54, 1.807) is 18.5 Å². The van der Waals surface area contributed by atoms with Gasteiger partial charge in [-0.15, -0.1) is 0 Å². The van der Waals surface area contributed by atoms with E-state index in [-0.39, 0.29) is 5.75 Å². The summed E-state index contributed by atoms with van der Waals surface area (Å²) in [4.78, 5) is 14.0. The van der Waals surface area contributed by atoms with Gasteiger partial charge in [0.2, 0.25) is 0 Å². The molecule has 0 radical (unpaired) electrons. The molecule has 0 bridgehead atoms. The molecule has 2 fully saturated rings. The van der Waals surface area contributed by atoms with Crippen molar-refractivity contribution < 1.29 is 9.13 Å². The zero-order chi connectivity index (χ0) is 21.7. The Hall–Kier alpha value is -3.30. The average molecular weight is 433 g/mol. The predicted octanol–water partition coefficient (Wildman–Crippen LogP) is 2.19. The molecule has 6 rings (SSSR count). The maximum atomic E-state index is 14.1. The zero-order valence-corrected chi connectivity index (χ0v) is 17.8. The number of hydrogen-bond donors (Lipinski definition) is 1. The molecule has 0 unspecified atom stereocenters. The molecular weight excluding hydrogens is 409 g/mol. The van der Waals surface area contributed by atoms with Crippen LogP contribution in [0.15, 0.2) is 43.0 Å². The summed E-state index contributed by atoms with van der Waals surface area (Å²) in [5.74, 6) is -0.240. The number of benzene rings is 1. The summed E-state index contributed by atoms with van der Waals surface area (Å²) in [6, 6.07) is 5.59. The van der Waals surface area contributed by atoms with Crippen molar-refractivity contribution in [1.29, 1.82) is 0 Å². The second-order valence-electron chi connectivity index (χ2n) is 8.35. The molecular formula is C23H24FN7O. The lowest BCUT2D eigenvalue weighted by Gasteiger charge is -2.47. The van der Waals surface area contributed by atoms with Gasteiger partial charge >= 0.3 is 0 Å². The summed E-state index contributed by atoms with van der Waals surface area (Å²) in [6.07, 6.45) is 7.43. The van der Waals surface area contributed by atoms with Gasteiger partial charge in [0.05, 0.1) is 36.9 Å². The van der Waals surface area contributed by atoms with Crippen molar-refractivity contribution in [3.8, 4) is 16.9 Å². The number of nitrogens with zero attached hydrogens (tertiary/aromatic N) is 6. The van der Waals surface area contributed by atoms with Crippen LogP contribution in [0, 0.1) is 5.82 Å². The fourth-order valence-corrected chi connectivity index (χ4v) is 4.70. The molecule has 32 heavy (non-hydrogen) atoms. The Kier molecular flexibility index (Phi) is 4.65. The van der Waals surface area contributed by atoms with Crippen molar-refractivity contribution in [3.05, 3.63) is 48.8 Å². The molecule has 164 valence electrons. The number of fused-ring (bicyclic) bond motifs is 2. The quantitative estimate of drug-likeness (QED) is 0.529. The monoisotopic (exact) mass is 433 g/mol. The summed E-state index contributed by atoms with van der Waals surface area (Å²) in [6.45, 7) is 6.41. The highest BCUT2D eigenvalue weighted by Gasteiger charge is 2.32. The molecule has 1 N–H and O–H groups in total. The molecule has 3 aromatic heterocycles. The van der Waals surface area contributed by atoms with Gasteiger partial charge in [0.15, 0.2) is 17.2 Å². The molecule has 9 heteroatoms. The molecule has 5 heterocycles. The number of rotatable bonds is 4. The topological polar surface area (TPSA) is 70.8 Å². The van der Waals surface area contributed by atoms with E-state index in [1.807, 2.05) is 23.0 Å². The van der Waals surface area contributed by atoms with Crippen LogP contribution >= 0.6 is 0 Å². The minimum absolute atomic E-state index is 0.190. The van der Waals surface area contributed by atoms with Crippen LogP contribution in [-0.2, 0) is 0 Å². The van der Waals surface area contributed by atoms with E-state index >= 15 is 0 Å². The van der Waals surface area contributed by atoms with Gasteiger partial charge in [0.1, 0.15) is 0 Å². The first-order chi connectivity index (χ1) is 15.7. The second-order valence-corrected chi connectivity index (χ2v) is 8.35. The van der Waals surface area contributed by atoms with E-state index in [0.717, 1.165) is 67.1 Å². The number of nitrogens with one attached hydrogen (secondary N) is 1. The Labute approximate surface area is 184 Å². The van der Waals surface area contributed by atoms with E-state index in [0.29, 0.717) is 11.6 Å². The molecule has 0 amide bonds. The Morgan fingerprint density at radius 3 is 2.75 bits per heavy atom. The van der Waals surface area contributed by atoms with E-state index in [1.165, 1.54) is 13.2 Å². The Balaban J connectivity index is 1.31. The normalized spacial score (nSPS) is 17.8. The number of anilines is 1. The largest absolute Gasteiger partial charge is 0.494 e. The first-order valence-corrected chi connectivity index (χ1v) is 10.9. The van der Waals surface area contributed by atoms with Gasteiger partial charge in [-0.05, 0) is 17.7 Å². The number of pyridine rings is 1. The maximum absolute atomic E-state index is 14.1. The van der Waals surface area contributed by atoms with Crippen LogP contribution in [0.2, 0.25) is 0 Å². The highest BCUT2D eigenvalue weighted by Crippen LogP contribution is 2.34. The predicted molar refractivity (Wildman–Crippen MR) is 121 cm³/mol. The molecule has 0 spiro atoms. The summed E-state index contributed by atoms with van der Waals surface area (Å²) < 4.78 is 21.1. The zero-order valence-electron chi connectivity index (χ0n) is 17.8. The van der Waals surface area contributed by atoms with Crippen LogP contribution in [0.25, 0.3) is 27.7 Å². The lowest BCUT2D eigenvalue weighted by molar-refractivity contribution is 0.147. The van der Waals surface area contributed by atoms with Crippen molar-refractivity contribution in [1.82, 2.24) is 29.8 Å². The second kappa shape index (κ2) is 7.68. The third-order valence-electron chi connectivity index (χ3n) is 6.54. The van der Waals surface area contributed by atoms with Gasteiger partial charge in [-0.25, -0.2) is 13.9 Å². The van der Waals surface area contributed by atoms with Crippen molar-refractivity contribution >= 4 is 22.2 Å². The van der Waals surface area contributed by atoms with Crippen LogP contribution in [0.1, 0.15) is 0 Å². The number of ether oxygens (including phenoxy) is 1. The number of piperazine rings is 1. The lowest BCUT2D eigenvalue weighted by Crippen LogP contribution is -2.62. The summed E-state index contributed by atoms with van der Waals surface area (Å²) >= 11 is 0. The summed E-state index contributed by atoms with van der Waals surface area (Å²) in [7, 11) is 1.46. The summed E-state index contributed by atoms with van der Waals surface area (Å²) in [5.41, 5.74) is 4.16. The van der Waals surface area contributed by atoms with Crippen LogP contribution < -0.4 is 15.0 Å². The number of methoxy groups -OCH3 is 1. The molecule has 4 aromatic rings. The molecule has 0 aliphatic carbocycles. The van der Waals surface area contributed by atoms with E-state index in [9.17, 15) is 4.39 Å². The maximum Gasteiger partial charge on any atom is 0.167 e. The average Bonchev–Trinajstić information content (AvgIpc) is 3.21. The molecule has 2 aliphatic rings. The van der Waals surface area contributed by atoms with Crippen LogP contribution in [-0.4, -0.2) is 76.9 Å². The number of hydrogen-bond acceptors (Lipinski definition) is 7. The van der Waals surface area contributed by atoms with Gasteiger partial charge < -0.3 is 15.0 Å². The highest BCUT2D eigenvalue weighted by molar-refractivity contribution is 5.98. The van der Waals surface area contributed by atoms with Gasteiger partial charge in [-0.3, -0.25) is 9.88 Å². The molecule has 8 nitrogen and oxygen atoms in total. The minimum Gasteiger partial charge on any atom is -0.494 e.